The van der Waals surface area contributed by atoms with Crippen LogP contribution < -0.4 is 5.32 Å². The van der Waals surface area contributed by atoms with E-state index in [-0.39, 0.29) is 11.7 Å². The highest BCUT2D eigenvalue weighted by atomic mass is 16.5. The maximum Gasteiger partial charge on any atom is 0.405 e. The molecule has 4 aromatic rings. The number of hydrogen-bond acceptors (Lipinski definition) is 6. The van der Waals surface area contributed by atoms with Crippen LogP contribution in [0.4, 0.5) is 4.79 Å². The van der Waals surface area contributed by atoms with Gasteiger partial charge >= 0.3 is 6.09 Å². The van der Waals surface area contributed by atoms with Gasteiger partial charge in [-0.05, 0) is 11.5 Å². The largest absolute Gasteiger partial charge is 0.465 e. The normalized spacial score (nSPS) is 12.9. The van der Waals surface area contributed by atoms with Crippen molar-refractivity contribution in [3.8, 4) is 11.6 Å². The summed E-state index contributed by atoms with van der Waals surface area (Å²) >= 11 is 0. The average molecular weight is 409 g/mol. The third-order valence-electron chi connectivity index (χ3n) is 4.82. The first-order valence-corrected chi connectivity index (χ1v) is 9.57. The molecule has 0 saturated heterocycles. The monoisotopic (exact) mass is 409 g/mol. The number of hydrogen-bond donors (Lipinski definition) is 2. The molecular weight excluding hydrogens is 386 g/mol. The van der Waals surface area contributed by atoms with Crippen molar-refractivity contribution in [2.24, 2.45) is 5.41 Å². The van der Waals surface area contributed by atoms with Crippen molar-refractivity contribution in [2.45, 2.75) is 39.9 Å². The van der Waals surface area contributed by atoms with Crippen LogP contribution in [0.25, 0.3) is 22.5 Å². The summed E-state index contributed by atoms with van der Waals surface area (Å²) in [6.07, 6.45) is 4.26. The third kappa shape index (κ3) is 3.88. The van der Waals surface area contributed by atoms with Crippen LogP contribution in [0.2, 0.25) is 0 Å². The zero-order chi connectivity index (χ0) is 21.3. The highest BCUT2D eigenvalue weighted by Gasteiger charge is 2.32. The van der Waals surface area contributed by atoms with Gasteiger partial charge in [-0.1, -0.05) is 44.1 Å². The molecule has 0 aliphatic carbocycles. The number of nitrogens with zero attached hydrogens (tertiary/aromatic N) is 6. The summed E-state index contributed by atoms with van der Waals surface area (Å²) < 4.78 is 9.37. The third-order valence-corrected chi connectivity index (χ3v) is 4.82. The van der Waals surface area contributed by atoms with Gasteiger partial charge in [-0.3, -0.25) is 4.68 Å². The Balaban J connectivity index is 1.69. The lowest BCUT2D eigenvalue weighted by Crippen LogP contribution is -2.36. The molecule has 3 aromatic heterocycles. The Hall–Kier alpha value is -3.69. The highest BCUT2D eigenvalue weighted by molar-refractivity contribution is 5.91. The summed E-state index contributed by atoms with van der Waals surface area (Å²) in [6, 6.07) is 7.19. The maximum absolute atomic E-state index is 11.2. The molecule has 1 amide bonds. The zero-order valence-electron chi connectivity index (χ0n) is 17.0. The van der Waals surface area contributed by atoms with Crippen molar-refractivity contribution in [2.75, 3.05) is 0 Å². The minimum atomic E-state index is -1.14. The van der Waals surface area contributed by atoms with Gasteiger partial charge in [-0.25, -0.2) is 9.78 Å². The first kappa shape index (κ1) is 19.6. The number of imidazole rings is 1. The molecule has 0 bridgehead atoms. The van der Waals surface area contributed by atoms with E-state index in [2.05, 4.69) is 20.4 Å². The molecule has 10 heteroatoms. The summed E-state index contributed by atoms with van der Waals surface area (Å²) in [4.78, 5) is 19.8. The van der Waals surface area contributed by atoms with Crippen LogP contribution in [-0.4, -0.2) is 40.7 Å². The summed E-state index contributed by atoms with van der Waals surface area (Å²) in [5, 5.41) is 21.3. The summed E-state index contributed by atoms with van der Waals surface area (Å²) in [5.41, 5.74) is 1.08. The van der Waals surface area contributed by atoms with Gasteiger partial charge in [-0.2, -0.15) is 10.1 Å². The molecule has 3 heterocycles. The standard InChI is InChI=1S/C20H23N7O3/c1-20(2,3)16(22-19(28)29)17-23-18(30-25-17)15-13-6-4-5-7-14(13)27(24-15)11-10-26-9-8-21-12-26/h4-9,12,16,22H,10-11H2,1-3H3,(H,28,29). The number of amides is 1. The van der Waals surface area contributed by atoms with E-state index in [4.69, 9.17) is 9.62 Å². The van der Waals surface area contributed by atoms with Crippen molar-refractivity contribution in [3.63, 3.8) is 0 Å². The van der Waals surface area contributed by atoms with Gasteiger partial charge in [0.25, 0.3) is 5.89 Å². The molecule has 0 aliphatic rings. The SMILES string of the molecule is CC(C)(C)C(NC(=O)O)c1noc(-c2nn(CCn3ccnc3)c3ccccc23)n1. The fourth-order valence-electron chi connectivity index (χ4n) is 3.33. The zero-order valence-corrected chi connectivity index (χ0v) is 17.0. The molecule has 0 fully saturated rings. The van der Waals surface area contributed by atoms with Crippen LogP contribution >= 0.6 is 0 Å². The molecule has 156 valence electrons. The number of carboxylic acid groups (broad SMARTS) is 1. The Kier molecular flexibility index (Phi) is 4.98. The predicted molar refractivity (Wildman–Crippen MR) is 109 cm³/mol. The van der Waals surface area contributed by atoms with Crippen molar-refractivity contribution in [1.82, 2.24) is 34.8 Å². The highest BCUT2D eigenvalue weighted by Crippen LogP contribution is 2.33. The van der Waals surface area contributed by atoms with Crippen LogP contribution in [0.1, 0.15) is 32.6 Å². The van der Waals surface area contributed by atoms with E-state index >= 15 is 0 Å². The molecule has 0 spiro atoms. The lowest BCUT2D eigenvalue weighted by molar-refractivity contribution is 0.172. The molecule has 30 heavy (non-hydrogen) atoms. The Bertz CT molecular complexity index is 1150. The van der Waals surface area contributed by atoms with Gasteiger partial charge in [0, 0.05) is 24.3 Å². The van der Waals surface area contributed by atoms with Crippen LogP contribution in [0.15, 0.2) is 47.5 Å². The number of aromatic nitrogens is 6. The number of para-hydroxylation sites is 1. The van der Waals surface area contributed by atoms with E-state index in [0.29, 0.717) is 12.2 Å². The predicted octanol–water partition coefficient (Wildman–Crippen LogP) is 3.34. The van der Waals surface area contributed by atoms with E-state index in [1.807, 2.05) is 60.5 Å². The van der Waals surface area contributed by atoms with Crippen molar-refractivity contribution >= 4 is 17.0 Å². The molecule has 1 atom stereocenters. The van der Waals surface area contributed by atoms with Gasteiger partial charge < -0.3 is 19.5 Å². The lowest BCUT2D eigenvalue weighted by atomic mass is 9.86. The van der Waals surface area contributed by atoms with Crippen LogP contribution in [-0.2, 0) is 13.1 Å². The molecule has 2 N–H and O–H groups in total. The second-order valence-corrected chi connectivity index (χ2v) is 8.10. The molecule has 0 radical (unpaired) electrons. The minimum Gasteiger partial charge on any atom is -0.465 e. The fraction of sp³-hybridized carbons (Fsp3) is 0.350. The Morgan fingerprint density at radius 1 is 1.27 bits per heavy atom. The average Bonchev–Trinajstić information content (AvgIpc) is 3.43. The van der Waals surface area contributed by atoms with Gasteiger partial charge in [0.15, 0.2) is 11.5 Å². The number of nitrogens with one attached hydrogen (secondary N) is 1. The molecule has 4 rings (SSSR count). The Labute approximate surface area is 172 Å². The van der Waals surface area contributed by atoms with Gasteiger partial charge in [0.05, 0.1) is 18.4 Å². The first-order chi connectivity index (χ1) is 14.3. The van der Waals surface area contributed by atoms with E-state index in [1.54, 1.807) is 12.5 Å². The van der Waals surface area contributed by atoms with Crippen molar-refractivity contribution < 1.29 is 14.4 Å². The summed E-state index contributed by atoms with van der Waals surface area (Å²) in [6.45, 7) is 7.08. The maximum atomic E-state index is 11.2. The number of rotatable bonds is 6. The topological polar surface area (TPSA) is 124 Å². The molecule has 1 unspecified atom stereocenters. The van der Waals surface area contributed by atoms with E-state index < -0.39 is 17.6 Å². The molecule has 0 saturated carbocycles. The van der Waals surface area contributed by atoms with Crippen molar-refractivity contribution in [3.05, 3.63) is 48.8 Å². The molecular formula is C20H23N7O3. The first-order valence-electron chi connectivity index (χ1n) is 9.57. The van der Waals surface area contributed by atoms with E-state index in [1.165, 1.54) is 0 Å². The summed E-state index contributed by atoms with van der Waals surface area (Å²) in [5.74, 6) is 0.529. The Morgan fingerprint density at radius 2 is 2.07 bits per heavy atom. The van der Waals surface area contributed by atoms with Crippen molar-refractivity contribution in [1.29, 1.82) is 0 Å². The molecule has 1 aromatic carbocycles. The van der Waals surface area contributed by atoms with Gasteiger partial charge in [0.1, 0.15) is 6.04 Å². The van der Waals surface area contributed by atoms with E-state index in [0.717, 1.165) is 17.4 Å². The quantitative estimate of drug-likeness (QED) is 0.500. The van der Waals surface area contributed by atoms with Gasteiger partial charge in [0.2, 0.25) is 0 Å². The molecule has 10 nitrogen and oxygen atoms in total. The number of benzene rings is 1. The lowest BCUT2D eigenvalue weighted by Gasteiger charge is -2.27. The number of aryl methyl sites for hydroxylation is 2. The van der Waals surface area contributed by atoms with Crippen LogP contribution in [0.5, 0.6) is 0 Å². The van der Waals surface area contributed by atoms with E-state index in [9.17, 15) is 9.90 Å². The number of carbonyl (C=O) groups is 1. The minimum absolute atomic E-state index is 0.254. The fourth-order valence-corrected chi connectivity index (χ4v) is 3.33. The Morgan fingerprint density at radius 3 is 2.77 bits per heavy atom. The second kappa shape index (κ2) is 7.62. The van der Waals surface area contributed by atoms with Crippen LogP contribution in [0.3, 0.4) is 0 Å². The number of fused-ring (bicyclic) bond motifs is 1. The second-order valence-electron chi connectivity index (χ2n) is 8.10. The molecule has 0 aliphatic heterocycles. The summed E-state index contributed by atoms with van der Waals surface area (Å²) in [7, 11) is 0. The smallest absolute Gasteiger partial charge is 0.405 e. The van der Waals surface area contributed by atoms with Crippen LogP contribution in [0, 0.1) is 5.41 Å². The van der Waals surface area contributed by atoms with Gasteiger partial charge in [-0.15, -0.1) is 0 Å².